The Kier molecular flexibility index (Phi) is 4.78. The molecule has 1 aliphatic rings. The molecule has 0 amide bonds. The number of nitrogens with one attached hydrogen (secondary N) is 2. The van der Waals surface area contributed by atoms with Gasteiger partial charge in [-0.25, -0.2) is 28.2 Å². The number of pyridine rings is 1. The molecular formula is C20H22F2N8. The molecule has 1 aliphatic heterocycles. The number of anilines is 1. The van der Waals surface area contributed by atoms with Crippen molar-refractivity contribution in [1.82, 2.24) is 34.4 Å². The Hall–Kier alpha value is -3.14. The summed E-state index contributed by atoms with van der Waals surface area (Å²) in [5, 5.41) is 11.3. The van der Waals surface area contributed by atoms with E-state index in [4.69, 9.17) is 0 Å². The molecule has 156 valence electrons. The smallest absolute Gasteiger partial charge is 0.256 e. The van der Waals surface area contributed by atoms with Crippen molar-refractivity contribution in [3.8, 4) is 11.3 Å². The zero-order chi connectivity index (χ0) is 20.7. The van der Waals surface area contributed by atoms with Gasteiger partial charge in [-0.2, -0.15) is 0 Å². The minimum atomic E-state index is -2.47. The van der Waals surface area contributed by atoms with Crippen molar-refractivity contribution in [2.75, 3.05) is 18.4 Å². The van der Waals surface area contributed by atoms with Crippen LogP contribution in [0, 0.1) is 6.92 Å². The molecular weight excluding hydrogens is 390 g/mol. The third kappa shape index (κ3) is 3.47. The standard InChI is InChI=1S/C20H22F2N8/c1-12-25-16-3-2-15(27-19(16)29(12)11-18(21)22)14-6-9-30-17(14)10-24-20(28-30)26-13-4-7-23-8-5-13/h2-3,6,9-10,13,18,23H,4-5,7-8,11H2,1H3,(H,26,28). The van der Waals surface area contributed by atoms with Crippen molar-refractivity contribution in [2.45, 2.75) is 38.8 Å². The summed E-state index contributed by atoms with van der Waals surface area (Å²) in [5.74, 6) is 1.11. The summed E-state index contributed by atoms with van der Waals surface area (Å²) in [6, 6.07) is 5.93. The molecule has 0 aliphatic carbocycles. The second kappa shape index (κ2) is 7.60. The maximum absolute atomic E-state index is 13.0. The van der Waals surface area contributed by atoms with Crippen molar-refractivity contribution < 1.29 is 8.78 Å². The molecule has 4 aromatic heterocycles. The first-order valence-electron chi connectivity index (χ1n) is 10.0. The van der Waals surface area contributed by atoms with E-state index in [1.165, 1.54) is 4.57 Å². The molecule has 0 atom stereocenters. The Labute approximate surface area is 171 Å². The molecule has 0 spiro atoms. The van der Waals surface area contributed by atoms with Gasteiger partial charge in [0.15, 0.2) is 5.65 Å². The molecule has 4 aromatic rings. The Morgan fingerprint density at radius 1 is 1.20 bits per heavy atom. The lowest BCUT2D eigenvalue weighted by atomic mass is 10.1. The predicted octanol–water partition coefficient (Wildman–Crippen LogP) is 2.88. The topological polar surface area (TPSA) is 85.0 Å². The molecule has 1 saturated heterocycles. The van der Waals surface area contributed by atoms with Crippen LogP contribution in [0.5, 0.6) is 0 Å². The third-order valence-corrected chi connectivity index (χ3v) is 5.47. The van der Waals surface area contributed by atoms with Crippen molar-refractivity contribution in [1.29, 1.82) is 0 Å². The van der Waals surface area contributed by atoms with Crippen LogP contribution >= 0.6 is 0 Å². The quantitative estimate of drug-likeness (QED) is 0.524. The van der Waals surface area contributed by atoms with Crippen molar-refractivity contribution in [3.63, 3.8) is 0 Å². The van der Waals surface area contributed by atoms with Gasteiger partial charge in [0.1, 0.15) is 11.3 Å². The number of imidazole rings is 1. The van der Waals surface area contributed by atoms with Crippen LogP contribution < -0.4 is 10.6 Å². The second-order valence-electron chi connectivity index (χ2n) is 7.51. The fraction of sp³-hybridized carbons (Fsp3) is 0.400. The second-order valence-corrected chi connectivity index (χ2v) is 7.51. The summed E-state index contributed by atoms with van der Waals surface area (Å²) in [5.41, 5.74) is 3.37. The molecule has 2 N–H and O–H groups in total. The van der Waals surface area contributed by atoms with Gasteiger partial charge in [0.2, 0.25) is 5.95 Å². The van der Waals surface area contributed by atoms with Crippen LogP contribution in [0.3, 0.4) is 0 Å². The molecule has 0 unspecified atom stereocenters. The highest BCUT2D eigenvalue weighted by molar-refractivity contribution is 5.82. The molecule has 5 rings (SSSR count). The lowest BCUT2D eigenvalue weighted by Crippen LogP contribution is -2.35. The van der Waals surface area contributed by atoms with Crippen molar-refractivity contribution in [2.24, 2.45) is 0 Å². The fourth-order valence-electron chi connectivity index (χ4n) is 3.95. The molecule has 0 saturated carbocycles. The van der Waals surface area contributed by atoms with Gasteiger partial charge in [-0.15, -0.1) is 5.10 Å². The first kappa shape index (κ1) is 18.9. The molecule has 0 radical (unpaired) electrons. The number of halogens is 2. The van der Waals surface area contributed by atoms with E-state index >= 15 is 0 Å². The lowest BCUT2D eigenvalue weighted by molar-refractivity contribution is 0.127. The van der Waals surface area contributed by atoms with E-state index in [9.17, 15) is 8.78 Å². The monoisotopic (exact) mass is 412 g/mol. The minimum absolute atomic E-state index is 0.362. The maximum Gasteiger partial charge on any atom is 0.256 e. The maximum atomic E-state index is 13.0. The van der Waals surface area contributed by atoms with E-state index in [-0.39, 0.29) is 0 Å². The number of alkyl halides is 2. The molecule has 10 heteroatoms. The van der Waals surface area contributed by atoms with Crippen molar-refractivity contribution in [3.05, 3.63) is 36.4 Å². The van der Waals surface area contributed by atoms with Gasteiger partial charge in [0.05, 0.1) is 24.0 Å². The highest BCUT2D eigenvalue weighted by Gasteiger charge is 2.17. The van der Waals surface area contributed by atoms with Crippen LogP contribution in [0.2, 0.25) is 0 Å². The number of hydrogen-bond acceptors (Lipinski definition) is 6. The third-order valence-electron chi connectivity index (χ3n) is 5.47. The summed E-state index contributed by atoms with van der Waals surface area (Å²) in [6.45, 7) is 3.26. The average Bonchev–Trinajstić information content (AvgIpc) is 3.29. The fourth-order valence-corrected chi connectivity index (χ4v) is 3.95. The van der Waals surface area contributed by atoms with Crippen LogP contribution in [-0.2, 0) is 6.54 Å². The minimum Gasteiger partial charge on any atom is -0.350 e. The first-order valence-corrected chi connectivity index (χ1v) is 10.0. The number of aryl methyl sites for hydroxylation is 1. The summed E-state index contributed by atoms with van der Waals surface area (Å²) in [4.78, 5) is 13.5. The lowest BCUT2D eigenvalue weighted by Gasteiger charge is -2.23. The van der Waals surface area contributed by atoms with Gasteiger partial charge in [0.25, 0.3) is 6.43 Å². The normalized spacial score (nSPS) is 15.5. The number of fused-ring (bicyclic) bond motifs is 2. The predicted molar refractivity (Wildman–Crippen MR) is 110 cm³/mol. The largest absolute Gasteiger partial charge is 0.350 e. The Morgan fingerprint density at radius 3 is 2.83 bits per heavy atom. The van der Waals surface area contributed by atoms with Gasteiger partial charge >= 0.3 is 0 Å². The molecule has 5 heterocycles. The highest BCUT2D eigenvalue weighted by Crippen LogP contribution is 2.26. The zero-order valence-corrected chi connectivity index (χ0v) is 16.5. The molecule has 8 nitrogen and oxygen atoms in total. The average molecular weight is 412 g/mol. The van der Waals surface area contributed by atoms with Crippen molar-refractivity contribution >= 4 is 22.6 Å². The van der Waals surface area contributed by atoms with Crippen LogP contribution in [0.15, 0.2) is 30.6 Å². The Bertz CT molecular complexity index is 1190. The summed E-state index contributed by atoms with van der Waals surface area (Å²) < 4.78 is 29.2. The van der Waals surface area contributed by atoms with Gasteiger partial charge in [-0.3, -0.25) is 0 Å². The molecule has 30 heavy (non-hydrogen) atoms. The number of nitrogens with zero attached hydrogens (tertiary/aromatic N) is 6. The van der Waals surface area contributed by atoms with E-state index in [0.29, 0.717) is 34.7 Å². The number of aromatic nitrogens is 6. The highest BCUT2D eigenvalue weighted by atomic mass is 19.3. The van der Waals surface area contributed by atoms with E-state index in [2.05, 4.69) is 30.7 Å². The summed E-state index contributed by atoms with van der Waals surface area (Å²) in [6.07, 6.45) is 3.22. The molecule has 0 aromatic carbocycles. The van der Waals surface area contributed by atoms with E-state index < -0.39 is 13.0 Å². The molecule has 0 bridgehead atoms. The number of rotatable bonds is 5. The van der Waals surface area contributed by atoms with Gasteiger partial charge < -0.3 is 15.2 Å². The van der Waals surface area contributed by atoms with Gasteiger partial charge in [0, 0.05) is 17.8 Å². The van der Waals surface area contributed by atoms with Gasteiger partial charge in [-0.05, 0) is 51.1 Å². The number of hydrogen-bond donors (Lipinski definition) is 2. The van der Waals surface area contributed by atoms with Crippen LogP contribution in [0.1, 0.15) is 18.7 Å². The summed E-state index contributed by atoms with van der Waals surface area (Å²) in [7, 11) is 0. The van der Waals surface area contributed by atoms with E-state index in [1.807, 2.05) is 24.4 Å². The Balaban J connectivity index is 1.49. The summed E-state index contributed by atoms with van der Waals surface area (Å²) >= 11 is 0. The SMILES string of the molecule is Cc1nc2ccc(-c3ccn4nc(NC5CCNCC5)ncc34)nc2n1CC(F)F. The van der Waals surface area contributed by atoms with Crippen LogP contribution in [0.4, 0.5) is 14.7 Å². The molecule has 1 fully saturated rings. The zero-order valence-electron chi connectivity index (χ0n) is 16.5. The van der Waals surface area contributed by atoms with E-state index in [1.54, 1.807) is 17.6 Å². The van der Waals surface area contributed by atoms with Crippen LogP contribution in [0.25, 0.3) is 27.9 Å². The van der Waals surface area contributed by atoms with Crippen LogP contribution in [-0.4, -0.2) is 54.7 Å². The van der Waals surface area contributed by atoms with Gasteiger partial charge in [-0.1, -0.05) is 0 Å². The Morgan fingerprint density at radius 2 is 2.03 bits per heavy atom. The number of piperidine rings is 1. The van der Waals surface area contributed by atoms with E-state index in [0.717, 1.165) is 37.0 Å². The first-order chi connectivity index (χ1) is 14.6.